The first kappa shape index (κ1) is 22.6. The Morgan fingerprint density at radius 1 is 0.821 bits per heavy atom. The molecule has 4 nitrogen and oxygen atoms in total. The van der Waals surface area contributed by atoms with Gasteiger partial charge < -0.3 is 20.5 Å². The molecular formula is C23H34BNO3. The van der Waals surface area contributed by atoms with E-state index in [1.165, 1.54) is 11.1 Å². The van der Waals surface area contributed by atoms with Crippen LogP contribution in [-0.4, -0.2) is 27.9 Å². The fraction of sp³-hybridized carbons (Fsp3) is 0.478. The van der Waals surface area contributed by atoms with Crippen molar-refractivity contribution in [1.82, 2.24) is 5.32 Å². The zero-order valence-corrected chi connectivity index (χ0v) is 17.7. The van der Waals surface area contributed by atoms with E-state index in [2.05, 4.69) is 50.4 Å². The lowest BCUT2D eigenvalue weighted by molar-refractivity contribution is 0.0344. The summed E-state index contributed by atoms with van der Waals surface area (Å²) in [4.78, 5) is 0. The molecule has 0 radical (unpaired) electrons. The Morgan fingerprint density at radius 2 is 1.29 bits per heavy atom. The normalized spacial score (nSPS) is 13.4. The molecule has 0 amide bonds. The summed E-state index contributed by atoms with van der Waals surface area (Å²) in [6.45, 7) is 11.9. The van der Waals surface area contributed by atoms with Crippen molar-refractivity contribution in [3.8, 4) is 0 Å². The number of benzene rings is 2. The van der Waals surface area contributed by atoms with Gasteiger partial charge in [-0.25, -0.2) is 0 Å². The first-order valence-corrected chi connectivity index (χ1v) is 9.92. The van der Waals surface area contributed by atoms with E-state index < -0.39 is 12.7 Å². The maximum atomic E-state index is 10.6. The summed E-state index contributed by atoms with van der Waals surface area (Å²) in [5.74, 6) is 0.0925. The van der Waals surface area contributed by atoms with E-state index in [-0.39, 0.29) is 11.3 Å². The summed E-state index contributed by atoms with van der Waals surface area (Å²) < 4.78 is 0. The summed E-state index contributed by atoms with van der Waals surface area (Å²) in [6, 6.07) is 15.7. The van der Waals surface area contributed by atoms with Gasteiger partial charge in [0.2, 0.25) is 0 Å². The minimum atomic E-state index is -1.42. The van der Waals surface area contributed by atoms with E-state index in [9.17, 15) is 5.11 Å². The summed E-state index contributed by atoms with van der Waals surface area (Å²) >= 11 is 0. The Bertz CT molecular complexity index is 728. The Hall–Kier alpha value is -1.66. The van der Waals surface area contributed by atoms with Crippen LogP contribution in [0.5, 0.6) is 0 Å². The van der Waals surface area contributed by atoms with Crippen LogP contribution < -0.4 is 10.8 Å². The van der Waals surface area contributed by atoms with Crippen molar-refractivity contribution < 1.29 is 15.2 Å². The summed E-state index contributed by atoms with van der Waals surface area (Å²) in [6.07, 6.45) is 0.923. The predicted octanol–water partition coefficient (Wildman–Crippen LogP) is 2.95. The van der Waals surface area contributed by atoms with Crippen molar-refractivity contribution in [2.75, 3.05) is 0 Å². The fourth-order valence-electron chi connectivity index (χ4n) is 3.41. The van der Waals surface area contributed by atoms with Crippen LogP contribution in [0.2, 0.25) is 0 Å². The molecule has 4 N–H and O–H groups in total. The molecule has 0 fully saturated rings. The van der Waals surface area contributed by atoms with Gasteiger partial charge in [-0.05, 0) is 47.8 Å². The van der Waals surface area contributed by atoms with Crippen LogP contribution in [0.1, 0.15) is 63.6 Å². The lowest BCUT2D eigenvalue weighted by Crippen LogP contribution is -2.32. The van der Waals surface area contributed by atoms with Crippen molar-refractivity contribution in [1.29, 1.82) is 0 Å². The van der Waals surface area contributed by atoms with Crippen LogP contribution in [0.25, 0.3) is 0 Å². The zero-order valence-electron chi connectivity index (χ0n) is 17.7. The monoisotopic (exact) mass is 383 g/mol. The van der Waals surface area contributed by atoms with Crippen molar-refractivity contribution in [2.45, 2.75) is 65.6 Å². The van der Waals surface area contributed by atoms with E-state index in [0.29, 0.717) is 12.0 Å². The van der Waals surface area contributed by atoms with Crippen molar-refractivity contribution in [3.63, 3.8) is 0 Å². The SMILES string of the molecule is CC(C)(C)CC(c1ccc(CNCc2ccc(B(O)O)cc2)cc1)C(C)(C)O. The van der Waals surface area contributed by atoms with Gasteiger partial charge in [-0.15, -0.1) is 0 Å². The van der Waals surface area contributed by atoms with Crippen LogP contribution in [-0.2, 0) is 13.1 Å². The molecular weight excluding hydrogens is 349 g/mol. The number of nitrogens with one attached hydrogen (secondary N) is 1. The maximum Gasteiger partial charge on any atom is 0.488 e. The summed E-state index contributed by atoms with van der Waals surface area (Å²) in [7, 11) is -1.42. The standard InChI is InChI=1S/C23H34BNO3/c1-22(2,3)14-21(23(4,5)26)19-10-6-17(7-11-19)15-25-16-18-8-12-20(13-9-18)24(27)28/h6-13,21,25-28H,14-16H2,1-5H3. The van der Waals surface area contributed by atoms with E-state index in [1.807, 2.05) is 26.0 Å². The second-order valence-corrected chi connectivity index (χ2v) is 9.43. The molecule has 5 heteroatoms. The molecule has 0 aliphatic rings. The Kier molecular flexibility index (Phi) is 7.46. The molecule has 2 aromatic rings. The molecule has 1 unspecified atom stereocenters. The minimum Gasteiger partial charge on any atom is -0.423 e. The Labute approximate surface area is 169 Å². The average Bonchev–Trinajstić information content (AvgIpc) is 2.59. The predicted molar refractivity (Wildman–Crippen MR) is 116 cm³/mol. The molecule has 0 heterocycles. The zero-order chi connectivity index (χ0) is 20.9. The van der Waals surface area contributed by atoms with Gasteiger partial charge in [0, 0.05) is 19.0 Å². The molecule has 0 bridgehead atoms. The molecule has 0 saturated carbocycles. The Balaban J connectivity index is 1.96. The van der Waals surface area contributed by atoms with Gasteiger partial charge >= 0.3 is 7.12 Å². The van der Waals surface area contributed by atoms with Crippen LogP contribution in [0.3, 0.4) is 0 Å². The smallest absolute Gasteiger partial charge is 0.423 e. The van der Waals surface area contributed by atoms with Gasteiger partial charge in [0.15, 0.2) is 0 Å². The molecule has 0 aromatic heterocycles. The summed E-state index contributed by atoms with van der Waals surface area (Å²) in [5.41, 5.74) is 3.33. The van der Waals surface area contributed by atoms with Gasteiger partial charge in [0.05, 0.1) is 5.60 Å². The van der Waals surface area contributed by atoms with Crippen LogP contribution in [0.15, 0.2) is 48.5 Å². The van der Waals surface area contributed by atoms with Crippen molar-refractivity contribution in [3.05, 3.63) is 65.2 Å². The largest absolute Gasteiger partial charge is 0.488 e. The highest BCUT2D eigenvalue weighted by Gasteiger charge is 2.31. The minimum absolute atomic E-state index is 0.0925. The summed E-state index contributed by atoms with van der Waals surface area (Å²) in [5, 5.41) is 32.3. The van der Waals surface area contributed by atoms with Gasteiger partial charge in [-0.2, -0.15) is 0 Å². The van der Waals surface area contributed by atoms with Crippen LogP contribution in [0, 0.1) is 5.41 Å². The highest BCUT2D eigenvalue weighted by molar-refractivity contribution is 6.58. The average molecular weight is 383 g/mol. The van der Waals surface area contributed by atoms with E-state index in [0.717, 1.165) is 18.5 Å². The lowest BCUT2D eigenvalue weighted by atomic mass is 9.74. The van der Waals surface area contributed by atoms with E-state index in [4.69, 9.17) is 10.0 Å². The number of aliphatic hydroxyl groups is 1. The second kappa shape index (κ2) is 9.23. The third-order valence-electron chi connectivity index (χ3n) is 4.99. The maximum absolute atomic E-state index is 10.6. The molecule has 0 aliphatic carbocycles. The van der Waals surface area contributed by atoms with Crippen LogP contribution >= 0.6 is 0 Å². The molecule has 0 saturated heterocycles. The van der Waals surface area contributed by atoms with E-state index >= 15 is 0 Å². The highest BCUT2D eigenvalue weighted by atomic mass is 16.4. The molecule has 152 valence electrons. The molecule has 28 heavy (non-hydrogen) atoms. The number of hydrogen-bond donors (Lipinski definition) is 4. The van der Waals surface area contributed by atoms with Crippen molar-refractivity contribution in [2.24, 2.45) is 5.41 Å². The van der Waals surface area contributed by atoms with Crippen LogP contribution in [0.4, 0.5) is 0 Å². The lowest BCUT2D eigenvalue weighted by Gasteiger charge is -2.35. The topological polar surface area (TPSA) is 72.7 Å². The number of hydrogen-bond acceptors (Lipinski definition) is 4. The molecule has 2 aromatic carbocycles. The molecule has 0 aliphatic heterocycles. The third-order valence-corrected chi connectivity index (χ3v) is 4.99. The number of rotatable bonds is 8. The van der Waals surface area contributed by atoms with Gasteiger partial charge in [-0.1, -0.05) is 69.3 Å². The third kappa shape index (κ3) is 7.06. The Morgan fingerprint density at radius 3 is 1.68 bits per heavy atom. The molecule has 2 rings (SSSR count). The van der Waals surface area contributed by atoms with E-state index in [1.54, 1.807) is 12.1 Å². The first-order valence-electron chi connectivity index (χ1n) is 9.92. The second-order valence-electron chi connectivity index (χ2n) is 9.43. The van der Waals surface area contributed by atoms with Crippen molar-refractivity contribution >= 4 is 12.6 Å². The van der Waals surface area contributed by atoms with Gasteiger partial charge in [-0.3, -0.25) is 0 Å². The first-order chi connectivity index (χ1) is 13.0. The molecule has 1 atom stereocenters. The quantitative estimate of drug-likeness (QED) is 0.529. The fourth-order valence-corrected chi connectivity index (χ4v) is 3.41. The highest BCUT2D eigenvalue weighted by Crippen LogP contribution is 2.38. The van der Waals surface area contributed by atoms with Gasteiger partial charge in [0.1, 0.15) is 0 Å². The van der Waals surface area contributed by atoms with Gasteiger partial charge in [0.25, 0.3) is 0 Å². The molecule has 0 spiro atoms.